The fourth-order valence-electron chi connectivity index (χ4n) is 13.4. The van der Waals surface area contributed by atoms with Crippen molar-refractivity contribution >= 4 is 91.4 Å². The topological polar surface area (TPSA) is 567 Å². The fourth-order valence-corrected chi connectivity index (χ4v) is 14.1. The molecule has 3 saturated carbocycles. The first kappa shape index (κ1) is 101. The van der Waals surface area contributed by atoms with Gasteiger partial charge in [0.1, 0.15) is 63.1 Å². The molecule has 2 bridgehead atoms. The van der Waals surface area contributed by atoms with Crippen LogP contribution in [-0.4, -0.2) is 211 Å². The molecule has 0 aliphatic heterocycles. The summed E-state index contributed by atoms with van der Waals surface area (Å²) in [5.74, 6) is -11.9. The van der Waals surface area contributed by atoms with Gasteiger partial charge in [0.2, 0.25) is 17.8 Å². The van der Waals surface area contributed by atoms with Crippen LogP contribution in [0.5, 0.6) is 0 Å². The number of carbonyl (C=O) groups is 10. The van der Waals surface area contributed by atoms with E-state index in [1.807, 2.05) is 0 Å². The lowest BCUT2D eigenvalue weighted by Crippen LogP contribution is -2.61. The quantitative estimate of drug-likeness (QED) is 0.0157. The molecular formula is C84H74Br2F6N24O19. The molecule has 3 aliphatic carbocycles. The summed E-state index contributed by atoms with van der Waals surface area (Å²) >= 11 is 6.10. The van der Waals surface area contributed by atoms with Crippen LogP contribution in [0.3, 0.4) is 0 Å². The molecule has 3 N–H and O–H groups in total. The number of methoxy groups -OCH3 is 3. The van der Waals surface area contributed by atoms with Gasteiger partial charge < -0.3 is 43.7 Å². The number of pyridine rings is 8. The number of aryl methyl sites for hydroxylation is 5. The molecule has 0 amide bonds. The molecule has 13 aromatic rings. The van der Waals surface area contributed by atoms with Crippen molar-refractivity contribution in [1.29, 1.82) is 5.26 Å². The van der Waals surface area contributed by atoms with E-state index < -0.39 is 101 Å². The molecule has 0 unspecified atom stereocenters. The summed E-state index contributed by atoms with van der Waals surface area (Å²) in [5.41, 5.74) is 4.34. The molecular weight excluding hydrogens is 1920 g/mol. The molecule has 51 heteroatoms. The van der Waals surface area contributed by atoms with E-state index in [0.29, 0.717) is 73.4 Å². The summed E-state index contributed by atoms with van der Waals surface area (Å²) < 4.78 is 118. The maximum Gasteiger partial charge on any atom is 0.357 e. The van der Waals surface area contributed by atoms with Gasteiger partial charge in [0.05, 0.1) is 149 Å². The first-order valence-corrected chi connectivity index (χ1v) is 40.7. The maximum absolute atomic E-state index is 13.9. The summed E-state index contributed by atoms with van der Waals surface area (Å²) in [5, 5.41) is 73.8. The van der Waals surface area contributed by atoms with E-state index in [1.165, 1.54) is 130 Å². The zero-order valence-corrected chi connectivity index (χ0v) is 75.6. The molecule has 135 heavy (non-hydrogen) atoms. The second-order valence-electron chi connectivity index (χ2n) is 29.3. The molecule has 0 saturated heterocycles. The van der Waals surface area contributed by atoms with Crippen molar-refractivity contribution in [1.82, 2.24) is 115 Å². The Bertz CT molecular complexity index is 6600. The highest BCUT2D eigenvalue weighted by Crippen LogP contribution is 2.74. The summed E-state index contributed by atoms with van der Waals surface area (Å²) in [7, 11) is 11.6. The van der Waals surface area contributed by atoms with E-state index in [0.717, 1.165) is 66.9 Å². The number of carboxylic acid groups (broad SMARTS) is 3. The van der Waals surface area contributed by atoms with E-state index in [9.17, 15) is 74.3 Å². The molecule has 3 fully saturated rings. The summed E-state index contributed by atoms with van der Waals surface area (Å²) in [6.07, 6.45) is 7.74. The van der Waals surface area contributed by atoms with Crippen LogP contribution in [0.1, 0.15) is 171 Å². The minimum absolute atomic E-state index is 0.00171. The molecule has 16 rings (SSSR count). The van der Waals surface area contributed by atoms with Gasteiger partial charge in [-0.05, 0) is 156 Å². The second-order valence-corrected chi connectivity index (χ2v) is 30.9. The Hall–Kier alpha value is -16.2. The average molecular weight is 2000 g/mol. The Kier molecular flexibility index (Phi) is 33.4. The number of carbonyl (C=O) groups excluding carboxylic acids is 7. The van der Waals surface area contributed by atoms with Crippen molar-refractivity contribution < 1.29 is 118 Å². The number of esters is 6. The van der Waals surface area contributed by atoms with Crippen LogP contribution in [0.25, 0.3) is 45.6 Å². The van der Waals surface area contributed by atoms with Gasteiger partial charge in [-0.25, -0.2) is 71.2 Å². The number of rotatable bonds is 25. The molecule has 700 valence electrons. The number of nitriles is 1. The maximum atomic E-state index is 13.9. The number of hydrogen-bond donors (Lipinski definition) is 3. The van der Waals surface area contributed by atoms with Crippen LogP contribution in [0.2, 0.25) is 0 Å². The van der Waals surface area contributed by atoms with Crippen molar-refractivity contribution in [3.8, 4) is 51.6 Å². The van der Waals surface area contributed by atoms with Crippen LogP contribution in [0.15, 0.2) is 138 Å². The molecule has 3 aliphatic rings. The van der Waals surface area contributed by atoms with E-state index in [1.54, 1.807) is 51.5 Å². The van der Waals surface area contributed by atoms with Crippen LogP contribution >= 0.6 is 31.9 Å². The molecule has 0 radical (unpaired) electrons. The zero-order valence-electron chi connectivity index (χ0n) is 72.4. The lowest BCUT2D eigenvalue weighted by molar-refractivity contribution is -0.159. The van der Waals surface area contributed by atoms with Gasteiger partial charge in [0.15, 0.2) is 21.8 Å². The van der Waals surface area contributed by atoms with E-state index in [2.05, 4.69) is 144 Å². The van der Waals surface area contributed by atoms with Crippen LogP contribution < -0.4 is 0 Å². The molecule has 0 spiro atoms. The largest absolute Gasteiger partial charge is 0.478 e. The Morgan fingerprint density at radius 3 is 1.01 bits per heavy atom. The van der Waals surface area contributed by atoms with Crippen molar-refractivity contribution in [2.24, 2.45) is 46.1 Å². The SMILES string of the molecule is COC(=O)c1ccc(-c2nnn(C)c2C(=O)O)nc1.COC(=O)c1ccc(-c2nnn(C)c2CC(=O)O[C@H](C)c2cc(F)cnc2F)nc1.COC(=O)c1ccc(Br)nc1.C[C@@H](OC(=O)Cc1c(-c2ccc(C(=O)CC34CC(C#N)(C3)C4)cn2)nnn1C)c1cc(F)cnc1F.C[C@@H](OC(=O)Cc1c(-c2ccc(C(=O)O)cn2)nnn1C)c1cc(F)cnc1F.Cn1nnc(Br)c1C(=O)O. The summed E-state index contributed by atoms with van der Waals surface area (Å²) in [6.45, 7) is 4.23. The highest BCUT2D eigenvalue weighted by Gasteiger charge is 2.68. The predicted octanol–water partition coefficient (Wildman–Crippen LogP) is 10.2. The first-order valence-electron chi connectivity index (χ1n) is 39.1. The predicted molar refractivity (Wildman–Crippen MR) is 453 cm³/mol. The average Bonchev–Trinajstić information content (AvgIpc) is 1.64. The molecule has 13 heterocycles. The van der Waals surface area contributed by atoms with E-state index in [-0.39, 0.29) is 103 Å². The Morgan fingerprint density at radius 2 is 0.719 bits per heavy atom. The highest BCUT2D eigenvalue weighted by atomic mass is 79.9. The normalized spacial score (nSPS) is 14.1. The lowest BCUT2D eigenvalue weighted by Gasteiger charge is -2.67. The van der Waals surface area contributed by atoms with E-state index >= 15 is 0 Å². The van der Waals surface area contributed by atoms with Crippen LogP contribution in [0, 0.1) is 57.5 Å². The number of halogens is 8. The van der Waals surface area contributed by atoms with Gasteiger partial charge in [-0.15, -0.1) is 25.5 Å². The third kappa shape index (κ3) is 25.3. The van der Waals surface area contributed by atoms with Crippen molar-refractivity contribution in [3.05, 3.63) is 246 Å². The smallest absolute Gasteiger partial charge is 0.357 e. The second kappa shape index (κ2) is 44.6. The number of nitrogens with zero attached hydrogens (tertiary/aromatic N) is 24. The van der Waals surface area contributed by atoms with Gasteiger partial charge in [0, 0.05) is 78.2 Å². The zero-order chi connectivity index (χ0) is 98.6. The number of ketones is 1. The Morgan fingerprint density at radius 1 is 0.407 bits per heavy atom. The number of aromatic carboxylic acids is 3. The number of Topliss-reactive ketones (excluding diaryl/α,β-unsaturated/α-hetero) is 1. The molecule has 43 nitrogen and oxygen atoms in total. The molecule has 0 aromatic carbocycles. The van der Waals surface area contributed by atoms with Gasteiger partial charge >= 0.3 is 53.7 Å². The third-order valence-corrected chi connectivity index (χ3v) is 21.0. The minimum Gasteiger partial charge on any atom is -0.478 e. The van der Waals surface area contributed by atoms with E-state index in [4.69, 9.17) is 34.8 Å². The molecule has 13 aromatic heterocycles. The van der Waals surface area contributed by atoms with Gasteiger partial charge in [-0.1, -0.05) is 26.1 Å². The van der Waals surface area contributed by atoms with Crippen molar-refractivity contribution in [2.75, 3.05) is 21.3 Å². The fraction of sp³-hybridized carbons (Fsp3) is 0.274. The first-order chi connectivity index (χ1) is 64.1. The Labute approximate surface area is 774 Å². The van der Waals surface area contributed by atoms with Crippen LogP contribution in [-0.2, 0) is 97.3 Å². The van der Waals surface area contributed by atoms with Crippen molar-refractivity contribution in [2.45, 2.75) is 84.0 Å². The van der Waals surface area contributed by atoms with Gasteiger partial charge in [0.25, 0.3) is 0 Å². The number of ether oxygens (including phenoxy) is 6. The van der Waals surface area contributed by atoms with Crippen LogP contribution in [0.4, 0.5) is 26.3 Å². The summed E-state index contributed by atoms with van der Waals surface area (Å²) in [6, 6.07) is 20.5. The minimum atomic E-state index is -1.15. The lowest BCUT2D eigenvalue weighted by atomic mass is 9.34. The van der Waals surface area contributed by atoms with Crippen molar-refractivity contribution in [3.63, 3.8) is 0 Å². The number of hydrogen-bond acceptors (Lipinski definition) is 35. The van der Waals surface area contributed by atoms with Gasteiger partial charge in [-0.2, -0.15) is 18.4 Å². The standard InChI is InChI=1S/C25H22F2N6O3.C19H17F2N5O4.C18H15F2N5O4.C11H10N4O4.C7H6BrNO2.C4H4BrN3O2/c1-14(17-5-16(26)9-30-23(17)27)36-21(35)6-19-22(31-32-33(19)2)18-4-3-15(8-29-18)20(34)7-24-10-25(11-24,12-24)13-28;1-10(13-6-12(20)9-23-18(13)21)30-16(27)7-15-17(24-25-26(15)2)14-5-4-11(8-22-14)19(28)29-3;1-9(12-5-11(19)8-22-17(12)20)29-15(26)6-14-16(23-24-25(14)2)13-4-3-10(7-21-13)18(27)28;1-15-9(10(16)17)8(13-14-15)7-4-3-6(5-12-7)11(18)19-2;1-11-7(10)5-2-3-6(8)9-4-5;1-8-2(4(9)10)3(5)6-7-8/h3-5,8-9,14H,6-7,10-12H2,1-2H3;4-6,8-10H,7H2,1-3H3;3-5,7-9H,6H2,1-2H3,(H,27,28);3-5H,1-2H3,(H,16,17);2-4H,1H3;1H3,(H,9,10)/t14-,24?,25?;10-;9-;;;/m111.../s1. The van der Waals surface area contributed by atoms with Gasteiger partial charge in [-0.3, -0.25) is 53.2 Å². The Balaban J connectivity index is 0.000000176. The number of aromatic nitrogens is 23. The monoisotopic (exact) mass is 1990 g/mol. The highest BCUT2D eigenvalue weighted by molar-refractivity contribution is 9.10. The third-order valence-electron chi connectivity index (χ3n) is 20.0. The summed E-state index contributed by atoms with van der Waals surface area (Å²) in [4.78, 5) is 146. The number of carboxylic acids is 3. The molecule has 3 atom stereocenters.